The van der Waals surface area contributed by atoms with Gasteiger partial charge in [0.05, 0.1) is 12.1 Å². The number of aliphatic hydroxyl groups excluding tert-OH is 1. The van der Waals surface area contributed by atoms with Crippen molar-refractivity contribution in [3.8, 4) is 11.8 Å². The maximum Gasteiger partial charge on any atom is 0.223 e. The van der Waals surface area contributed by atoms with Crippen molar-refractivity contribution in [1.29, 1.82) is 0 Å². The molecular weight excluding hydrogens is 404 g/mol. The lowest BCUT2D eigenvalue weighted by Gasteiger charge is -2.23. The van der Waals surface area contributed by atoms with E-state index in [1.807, 2.05) is 24.8 Å². The van der Waals surface area contributed by atoms with Crippen LogP contribution in [0.1, 0.15) is 71.6 Å². The van der Waals surface area contributed by atoms with E-state index in [0.29, 0.717) is 32.2 Å². The molecule has 1 fully saturated rings. The number of rotatable bonds is 13. The third-order valence-corrected chi connectivity index (χ3v) is 5.59. The largest absolute Gasteiger partial charge is 0.389 e. The van der Waals surface area contributed by atoms with Crippen LogP contribution in [0.15, 0.2) is 12.2 Å². The second kappa shape index (κ2) is 15.0. The van der Waals surface area contributed by atoms with E-state index in [1.165, 1.54) is 0 Å². The van der Waals surface area contributed by atoms with Gasteiger partial charge in [0.2, 0.25) is 11.8 Å². The van der Waals surface area contributed by atoms with Crippen molar-refractivity contribution in [2.45, 2.75) is 83.8 Å². The molecule has 0 radical (unpaired) electrons. The lowest BCUT2D eigenvalue weighted by Crippen LogP contribution is -2.33. The van der Waals surface area contributed by atoms with Crippen molar-refractivity contribution in [1.82, 2.24) is 10.2 Å². The van der Waals surface area contributed by atoms with Crippen LogP contribution < -0.4 is 5.32 Å². The standard InChI is InChI=1S/C22H36N2O5S/c1-3-4-7-10-18(2)20(25)14-12-19-13-15-22(27)24(19)16-9-6-5-8-11-21(26)23-17-30(28)29/h12,14,18-20,25,30H,3,5-6,8-11,13,15-17H2,1-2H3,(H,23,26)/b14-12+/t18-,19-,20+/m0/s1. The van der Waals surface area contributed by atoms with E-state index in [2.05, 4.69) is 17.2 Å². The highest BCUT2D eigenvalue weighted by molar-refractivity contribution is 7.72. The van der Waals surface area contributed by atoms with Gasteiger partial charge in [0.25, 0.3) is 0 Å². The smallest absolute Gasteiger partial charge is 0.223 e. The number of unbranched alkanes of at least 4 members (excludes halogenated alkanes) is 3. The van der Waals surface area contributed by atoms with Gasteiger partial charge < -0.3 is 15.3 Å². The Balaban J connectivity index is 2.31. The van der Waals surface area contributed by atoms with E-state index in [4.69, 9.17) is 0 Å². The first-order valence-corrected chi connectivity index (χ1v) is 12.2. The minimum absolute atomic E-state index is 0.0286. The fourth-order valence-corrected chi connectivity index (χ4v) is 3.62. The summed E-state index contributed by atoms with van der Waals surface area (Å²) in [6, 6.07) is 0.0286. The van der Waals surface area contributed by atoms with Gasteiger partial charge in [0.1, 0.15) is 5.88 Å². The molecule has 1 rings (SSSR count). The van der Waals surface area contributed by atoms with Crippen LogP contribution >= 0.6 is 0 Å². The van der Waals surface area contributed by atoms with Gasteiger partial charge in [-0.25, -0.2) is 8.42 Å². The molecule has 1 heterocycles. The maximum absolute atomic E-state index is 12.2. The van der Waals surface area contributed by atoms with Gasteiger partial charge in [0, 0.05) is 32.2 Å². The Hall–Kier alpha value is -1.85. The molecule has 1 saturated heterocycles. The molecule has 7 nitrogen and oxygen atoms in total. The van der Waals surface area contributed by atoms with Crippen LogP contribution in [0, 0.1) is 17.8 Å². The third-order valence-electron chi connectivity index (χ3n) is 5.17. The summed E-state index contributed by atoms with van der Waals surface area (Å²) in [6.45, 7) is 4.64. The number of thiol groups is 1. The first kappa shape index (κ1) is 26.2. The lowest BCUT2D eigenvalue weighted by molar-refractivity contribution is -0.128. The number of amides is 2. The van der Waals surface area contributed by atoms with Crippen molar-refractivity contribution >= 4 is 22.5 Å². The van der Waals surface area contributed by atoms with Crippen molar-refractivity contribution < 1.29 is 23.1 Å². The number of aliphatic hydroxyl groups is 1. The molecule has 30 heavy (non-hydrogen) atoms. The molecule has 2 N–H and O–H groups in total. The Morgan fingerprint density at radius 3 is 2.73 bits per heavy atom. The first-order valence-electron chi connectivity index (χ1n) is 10.8. The van der Waals surface area contributed by atoms with E-state index in [0.717, 1.165) is 32.1 Å². The number of hydrogen-bond donors (Lipinski definition) is 3. The van der Waals surface area contributed by atoms with Gasteiger partial charge in [-0.2, -0.15) is 0 Å². The molecule has 3 atom stereocenters. The SMILES string of the molecule is CCC#CC[C@H](C)[C@H](O)/C=C/[C@H]1CCC(=O)N1CCCCCCC(=O)NC[SH](=O)=O. The van der Waals surface area contributed by atoms with Crippen molar-refractivity contribution in [3.63, 3.8) is 0 Å². The number of carbonyl (C=O) groups excluding carboxylic acids is 2. The van der Waals surface area contributed by atoms with E-state index in [-0.39, 0.29) is 29.7 Å². The summed E-state index contributed by atoms with van der Waals surface area (Å²) in [6.07, 6.45) is 9.57. The highest BCUT2D eigenvalue weighted by Gasteiger charge is 2.28. The van der Waals surface area contributed by atoms with Crippen LogP contribution in [0.25, 0.3) is 0 Å². The minimum Gasteiger partial charge on any atom is -0.389 e. The molecule has 0 aromatic heterocycles. The fourth-order valence-electron chi connectivity index (χ4n) is 3.32. The highest BCUT2D eigenvalue weighted by Crippen LogP contribution is 2.22. The summed E-state index contributed by atoms with van der Waals surface area (Å²) in [4.78, 5) is 25.5. The van der Waals surface area contributed by atoms with Gasteiger partial charge in [-0.1, -0.05) is 38.8 Å². The van der Waals surface area contributed by atoms with Crippen LogP contribution in [0.4, 0.5) is 0 Å². The fraction of sp³-hybridized carbons (Fsp3) is 0.727. The minimum atomic E-state index is -2.58. The normalized spacial score (nSPS) is 18.5. The molecule has 1 aliphatic rings. The van der Waals surface area contributed by atoms with Crippen molar-refractivity contribution in [2.75, 3.05) is 12.4 Å². The monoisotopic (exact) mass is 440 g/mol. The molecule has 170 valence electrons. The summed E-state index contributed by atoms with van der Waals surface area (Å²) >= 11 is 0. The van der Waals surface area contributed by atoms with Crippen LogP contribution in [0.2, 0.25) is 0 Å². The van der Waals surface area contributed by atoms with Gasteiger partial charge >= 0.3 is 0 Å². The Labute approximate surface area is 182 Å². The maximum atomic E-state index is 12.2. The molecule has 2 amide bonds. The van der Waals surface area contributed by atoms with Crippen LogP contribution in [0.5, 0.6) is 0 Å². The predicted octanol–water partition coefficient (Wildman–Crippen LogP) is 1.97. The summed E-state index contributed by atoms with van der Waals surface area (Å²) in [5, 5.41) is 12.6. The van der Waals surface area contributed by atoms with E-state index >= 15 is 0 Å². The van der Waals surface area contributed by atoms with E-state index < -0.39 is 16.8 Å². The van der Waals surface area contributed by atoms with Crippen molar-refractivity contribution in [3.05, 3.63) is 12.2 Å². The number of carbonyl (C=O) groups is 2. The average Bonchev–Trinajstić information content (AvgIpc) is 3.06. The zero-order chi connectivity index (χ0) is 22.4. The Morgan fingerprint density at radius 2 is 2.03 bits per heavy atom. The molecule has 0 aromatic rings. The second-order valence-electron chi connectivity index (χ2n) is 7.71. The summed E-state index contributed by atoms with van der Waals surface area (Å²) < 4.78 is 20.9. The van der Waals surface area contributed by atoms with Gasteiger partial charge in [-0.15, -0.1) is 11.8 Å². The first-order chi connectivity index (χ1) is 14.3. The molecule has 0 unspecified atom stereocenters. The Morgan fingerprint density at radius 1 is 1.30 bits per heavy atom. The molecular formula is C22H36N2O5S. The zero-order valence-electron chi connectivity index (χ0n) is 18.1. The Kier molecular flexibility index (Phi) is 13.1. The number of nitrogens with one attached hydrogen (secondary N) is 1. The number of hydrogen-bond acceptors (Lipinski definition) is 5. The van der Waals surface area contributed by atoms with Gasteiger partial charge in [-0.05, 0) is 25.2 Å². The quantitative estimate of drug-likeness (QED) is 0.176. The number of nitrogens with zero attached hydrogens (tertiary/aromatic N) is 1. The van der Waals surface area contributed by atoms with Gasteiger partial charge in [0.15, 0.2) is 10.7 Å². The molecule has 0 saturated carbocycles. The summed E-state index contributed by atoms with van der Waals surface area (Å²) in [7, 11) is -2.58. The molecule has 0 spiro atoms. The van der Waals surface area contributed by atoms with E-state index in [1.54, 1.807) is 6.08 Å². The summed E-state index contributed by atoms with van der Waals surface area (Å²) in [5.74, 6) is 5.72. The van der Waals surface area contributed by atoms with Crippen LogP contribution in [-0.4, -0.2) is 54.8 Å². The molecule has 0 aromatic carbocycles. The lowest BCUT2D eigenvalue weighted by atomic mass is 10.00. The second-order valence-corrected chi connectivity index (χ2v) is 8.69. The topological polar surface area (TPSA) is 104 Å². The van der Waals surface area contributed by atoms with E-state index in [9.17, 15) is 23.1 Å². The molecule has 0 bridgehead atoms. The predicted molar refractivity (Wildman–Crippen MR) is 118 cm³/mol. The molecule has 0 aliphatic carbocycles. The van der Waals surface area contributed by atoms with Crippen LogP contribution in [-0.2, 0) is 20.3 Å². The average molecular weight is 441 g/mol. The van der Waals surface area contributed by atoms with Gasteiger partial charge in [-0.3, -0.25) is 9.59 Å². The third kappa shape index (κ3) is 10.8. The summed E-state index contributed by atoms with van der Waals surface area (Å²) in [5.41, 5.74) is 0. The molecule has 1 aliphatic heterocycles. The zero-order valence-corrected chi connectivity index (χ0v) is 19.0. The number of likely N-dealkylation sites (tertiary alicyclic amines) is 1. The van der Waals surface area contributed by atoms with Crippen LogP contribution in [0.3, 0.4) is 0 Å². The molecule has 8 heteroatoms. The Bertz CT molecular complexity index is 700. The highest BCUT2D eigenvalue weighted by atomic mass is 32.2. The van der Waals surface area contributed by atoms with Crippen molar-refractivity contribution in [2.24, 2.45) is 5.92 Å².